The highest BCUT2D eigenvalue weighted by atomic mass is 32.2. The maximum absolute atomic E-state index is 13.2. The second-order valence-corrected chi connectivity index (χ2v) is 10.8. The number of phenols is 1. The maximum atomic E-state index is 13.2. The van der Waals surface area contributed by atoms with Crippen molar-refractivity contribution in [1.29, 1.82) is 0 Å². The average Bonchev–Trinajstić information content (AvgIpc) is 3.18. The third kappa shape index (κ3) is 5.54. The van der Waals surface area contributed by atoms with E-state index in [1.165, 1.54) is 43.1 Å². The number of carbonyl (C=O) groups is 1. The molecular formula is C24H30N4O4S. The third-order valence-corrected chi connectivity index (χ3v) is 7.03. The molecule has 9 heteroatoms. The quantitative estimate of drug-likeness (QED) is 0.487. The SMILES string of the molecule is CN(C(=O)c1cc2c(CC3CCCCC3)[nH]nc2cc1O)c1ccc(CNS(C)(=O)=O)cc1. The van der Waals surface area contributed by atoms with Crippen molar-refractivity contribution >= 4 is 32.5 Å². The van der Waals surface area contributed by atoms with Gasteiger partial charge in [0.05, 0.1) is 17.3 Å². The lowest BCUT2D eigenvalue weighted by Gasteiger charge is -2.21. The highest BCUT2D eigenvalue weighted by Gasteiger charge is 2.22. The van der Waals surface area contributed by atoms with Crippen LogP contribution in [0.5, 0.6) is 5.75 Å². The number of aromatic hydroxyl groups is 1. The second kappa shape index (κ2) is 9.52. The molecule has 3 N–H and O–H groups in total. The van der Waals surface area contributed by atoms with Gasteiger partial charge in [0.15, 0.2) is 0 Å². The van der Waals surface area contributed by atoms with E-state index in [1.807, 2.05) is 0 Å². The Morgan fingerprint density at radius 1 is 1.18 bits per heavy atom. The van der Waals surface area contributed by atoms with Crippen molar-refractivity contribution in [3.05, 3.63) is 53.2 Å². The van der Waals surface area contributed by atoms with Gasteiger partial charge in [0.1, 0.15) is 5.75 Å². The summed E-state index contributed by atoms with van der Waals surface area (Å²) < 4.78 is 25.0. The Balaban J connectivity index is 1.54. The number of rotatable bonds is 7. The number of anilines is 1. The molecule has 1 saturated carbocycles. The maximum Gasteiger partial charge on any atom is 0.261 e. The third-order valence-electron chi connectivity index (χ3n) is 6.37. The van der Waals surface area contributed by atoms with Crippen LogP contribution >= 0.6 is 0 Å². The van der Waals surface area contributed by atoms with Gasteiger partial charge in [0.25, 0.3) is 5.91 Å². The zero-order valence-corrected chi connectivity index (χ0v) is 19.8. The lowest BCUT2D eigenvalue weighted by molar-refractivity contribution is 0.0990. The monoisotopic (exact) mass is 470 g/mol. The molecule has 0 radical (unpaired) electrons. The normalized spacial score (nSPS) is 15.1. The van der Waals surface area contributed by atoms with Crippen molar-refractivity contribution in [1.82, 2.24) is 14.9 Å². The van der Waals surface area contributed by atoms with Crippen LogP contribution in [0.15, 0.2) is 36.4 Å². The van der Waals surface area contributed by atoms with Crippen LogP contribution in [-0.2, 0) is 23.0 Å². The molecule has 0 bridgehead atoms. The summed E-state index contributed by atoms with van der Waals surface area (Å²) in [6, 6.07) is 10.3. The van der Waals surface area contributed by atoms with Crippen molar-refractivity contribution < 1.29 is 18.3 Å². The van der Waals surface area contributed by atoms with Crippen LogP contribution in [0, 0.1) is 5.92 Å². The van der Waals surface area contributed by atoms with Gasteiger partial charge in [0, 0.05) is 36.4 Å². The molecule has 1 fully saturated rings. The molecule has 33 heavy (non-hydrogen) atoms. The van der Waals surface area contributed by atoms with Gasteiger partial charge < -0.3 is 10.0 Å². The van der Waals surface area contributed by atoms with E-state index in [-0.39, 0.29) is 23.8 Å². The molecule has 0 spiro atoms. The van der Waals surface area contributed by atoms with Gasteiger partial charge in [-0.2, -0.15) is 5.10 Å². The van der Waals surface area contributed by atoms with Crippen LogP contribution in [0.4, 0.5) is 5.69 Å². The number of nitrogens with zero attached hydrogens (tertiary/aromatic N) is 2. The Morgan fingerprint density at radius 3 is 2.55 bits per heavy atom. The molecule has 0 aliphatic heterocycles. The number of benzene rings is 2. The number of hydrogen-bond donors (Lipinski definition) is 3. The highest BCUT2D eigenvalue weighted by Crippen LogP contribution is 2.32. The summed E-state index contributed by atoms with van der Waals surface area (Å²) in [5.41, 5.74) is 3.30. The first kappa shape index (κ1) is 23.3. The predicted octanol–water partition coefficient (Wildman–Crippen LogP) is 3.72. The summed E-state index contributed by atoms with van der Waals surface area (Å²) in [5.74, 6) is 0.180. The lowest BCUT2D eigenvalue weighted by Crippen LogP contribution is -2.26. The minimum atomic E-state index is -3.28. The predicted molar refractivity (Wildman–Crippen MR) is 129 cm³/mol. The smallest absolute Gasteiger partial charge is 0.261 e. The molecule has 2 aromatic carbocycles. The average molecular weight is 471 g/mol. The van der Waals surface area contributed by atoms with E-state index in [4.69, 9.17) is 0 Å². The van der Waals surface area contributed by atoms with Crippen molar-refractivity contribution in [2.24, 2.45) is 5.92 Å². The van der Waals surface area contributed by atoms with Crippen molar-refractivity contribution in [3.8, 4) is 5.75 Å². The molecule has 0 unspecified atom stereocenters. The van der Waals surface area contributed by atoms with E-state index < -0.39 is 10.0 Å². The van der Waals surface area contributed by atoms with Crippen LogP contribution in [0.25, 0.3) is 10.9 Å². The Labute approximate surface area is 194 Å². The van der Waals surface area contributed by atoms with Crippen molar-refractivity contribution in [2.45, 2.75) is 45.1 Å². The van der Waals surface area contributed by atoms with Gasteiger partial charge >= 0.3 is 0 Å². The fraction of sp³-hybridized carbons (Fsp3) is 0.417. The molecule has 1 aromatic heterocycles. The minimum Gasteiger partial charge on any atom is -0.507 e. The van der Waals surface area contributed by atoms with Crippen LogP contribution in [0.1, 0.15) is 53.7 Å². The van der Waals surface area contributed by atoms with E-state index in [2.05, 4.69) is 14.9 Å². The van der Waals surface area contributed by atoms with Crippen LogP contribution in [-0.4, -0.2) is 42.9 Å². The number of amides is 1. The summed E-state index contributed by atoms with van der Waals surface area (Å²) in [5, 5.41) is 18.8. The topological polar surface area (TPSA) is 115 Å². The first-order chi connectivity index (χ1) is 15.7. The number of H-pyrrole nitrogens is 1. The van der Waals surface area contributed by atoms with Gasteiger partial charge in [-0.25, -0.2) is 13.1 Å². The number of sulfonamides is 1. The zero-order valence-electron chi connectivity index (χ0n) is 19.0. The molecule has 3 aromatic rings. The molecule has 4 rings (SSSR count). The molecule has 1 aliphatic carbocycles. The number of aromatic amines is 1. The summed E-state index contributed by atoms with van der Waals surface area (Å²) in [7, 11) is -1.63. The molecule has 176 valence electrons. The zero-order chi connectivity index (χ0) is 23.6. The largest absolute Gasteiger partial charge is 0.507 e. The van der Waals surface area contributed by atoms with Crippen LogP contribution in [0.3, 0.4) is 0 Å². The number of aromatic nitrogens is 2. The Bertz CT molecular complexity index is 1250. The number of nitrogens with one attached hydrogen (secondary N) is 2. The van der Waals surface area contributed by atoms with E-state index >= 15 is 0 Å². The number of fused-ring (bicyclic) bond motifs is 1. The number of hydrogen-bond acceptors (Lipinski definition) is 5. The Hall–Kier alpha value is -2.91. The van der Waals surface area contributed by atoms with E-state index in [9.17, 15) is 18.3 Å². The first-order valence-corrected chi connectivity index (χ1v) is 13.1. The number of carbonyl (C=O) groups excluding carboxylic acids is 1. The van der Waals surface area contributed by atoms with Crippen LogP contribution in [0.2, 0.25) is 0 Å². The van der Waals surface area contributed by atoms with Crippen molar-refractivity contribution in [2.75, 3.05) is 18.2 Å². The molecule has 1 aliphatic rings. The summed E-state index contributed by atoms with van der Waals surface area (Å²) in [4.78, 5) is 14.7. The minimum absolute atomic E-state index is 0.107. The van der Waals surface area contributed by atoms with Gasteiger partial charge in [-0.1, -0.05) is 44.2 Å². The van der Waals surface area contributed by atoms with Gasteiger partial charge in [-0.3, -0.25) is 9.89 Å². The second-order valence-electron chi connectivity index (χ2n) is 8.92. The van der Waals surface area contributed by atoms with E-state index in [1.54, 1.807) is 37.4 Å². The van der Waals surface area contributed by atoms with E-state index in [0.717, 1.165) is 29.3 Å². The first-order valence-electron chi connectivity index (χ1n) is 11.2. The Morgan fingerprint density at radius 2 is 1.88 bits per heavy atom. The Kier molecular flexibility index (Phi) is 6.71. The van der Waals surface area contributed by atoms with E-state index in [0.29, 0.717) is 17.1 Å². The molecule has 1 amide bonds. The molecule has 8 nitrogen and oxygen atoms in total. The fourth-order valence-electron chi connectivity index (χ4n) is 4.46. The number of phenolic OH excluding ortho intramolecular Hbond substituents is 1. The van der Waals surface area contributed by atoms with Gasteiger partial charge in [-0.15, -0.1) is 0 Å². The molecule has 0 saturated heterocycles. The lowest BCUT2D eigenvalue weighted by atomic mass is 9.85. The molecule has 0 atom stereocenters. The molecular weight excluding hydrogens is 440 g/mol. The van der Waals surface area contributed by atoms with Gasteiger partial charge in [0.2, 0.25) is 10.0 Å². The summed E-state index contributed by atoms with van der Waals surface area (Å²) in [6.07, 6.45) is 8.25. The summed E-state index contributed by atoms with van der Waals surface area (Å²) >= 11 is 0. The fourth-order valence-corrected chi connectivity index (χ4v) is 4.88. The standard InChI is InChI=1S/C24H30N4O4S/c1-28(18-10-8-17(9-11-18)15-25-33(2,31)32)24(30)20-13-19-21(12-16-6-4-3-5-7-16)26-27-22(19)14-23(20)29/h8-11,13-14,16,25,29H,3-7,12,15H2,1-2H3,(H,26,27). The summed E-state index contributed by atoms with van der Waals surface area (Å²) in [6.45, 7) is 0.179. The van der Waals surface area contributed by atoms with Crippen molar-refractivity contribution in [3.63, 3.8) is 0 Å². The highest BCUT2D eigenvalue weighted by molar-refractivity contribution is 7.88. The van der Waals surface area contributed by atoms with Gasteiger partial charge in [-0.05, 0) is 36.1 Å². The molecule has 1 heterocycles. The van der Waals surface area contributed by atoms with Crippen LogP contribution < -0.4 is 9.62 Å².